The van der Waals surface area contributed by atoms with E-state index in [9.17, 15) is 24.4 Å². The molecule has 3 N–H and O–H groups in total. The molecule has 0 radical (unpaired) electrons. The highest BCUT2D eigenvalue weighted by Crippen LogP contribution is 2.41. The monoisotopic (exact) mass is 758 g/mol. The number of nitrogens with one attached hydrogen (secondary N) is 2. The molecule has 302 valence electrons. The van der Waals surface area contributed by atoms with Gasteiger partial charge in [-0.25, -0.2) is 4.79 Å². The smallest absolute Gasteiger partial charge is 0.407 e. The van der Waals surface area contributed by atoms with E-state index in [2.05, 4.69) is 37.5 Å². The molecule has 3 amide bonds. The Morgan fingerprint density at radius 2 is 1.53 bits per heavy atom. The Labute approximate surface area is 329 Å². The molecule has 10 nitrogen and oxygen atoms in total. The van der Waals surface area contributed by atoms with Crippen LogP contribution in [0.2, 0.25) is 0 Å². The molecule has 4 atom stereocenters. The lowest BCUT2D eigenvalue weighted by Gasteiger charge is -2.51. The van der Waals surface area contributed by atoms with Gasteiger partial charge in [-0.05, 0) is 108 Å². The number of ketones is 1. The zero-order chi connectivity index (χ0) is 40.2. The second-order valence-corrected chi connectivity index (χ2v) is 17.6. The number of ether oxygens (including phenoxy) is 1. The minimum absolute atomic E-state index is 0.0135. The minimum Gasteiger partial charge on any atom is -0.445 e. The number of likely N-dealkylation sites (tertiary alicyclic amines) is 1. The number of hydrogen-bond donors (Lipinski definition) is 3. The zero-order valence-electron chi connectivity index (χ0n) is 34.3. The van der Waals surface area contributed by atoms with Gasteiger partial charge in [0.05, 0.1) is 12.0 Å². The molecule has 2 aliphatic heterocycles. The highest BCUT2D eigenvalue weighted by atomic mass is 16.5. The minimum atomic E-state index is -0.789. The van der Waals surface area contributed by atoms with E-state index >= 15 is 0 Å². The Bertz CT molecular complexity index is 1560. The van der Waals surface area contributed by atoms with Crippen LogP contribution >= 0.6 is 0 Å². The van der Waals surface area contributed by atoms with Crippen LogP contribution in [0.3, 0.4) is 0 Å². The van der Waals surface area contributed by atoms with Crippen molar-refractivity contribution in [3.05, 3.63) is 83.9 Å². The van der Waals surface area contributed by atoms with Gasteiger partial charge in [0, 0.05) is 30.6 Å². The van der Waals surface area contributed by atoms with Crippen molar-refractivity contribution in [2.45, 2.75) is 136 Å². The van der Waals surface area contributed by atoms with Crippen molar-refractivity contribution in [3.8, 4) is 0 Å². The van der Waals surface area contributed by atoms with Gasteiger partial charge in [0.25, 0.3) is 0 Å². The number of nitrogens with zero attached hydrogens (tertiary/aromatic N) is 2. The molecule has 2 aliphatic rings. The van der Waals surface area contributed by atoms with Crippen molar-refractivity contribution in [2.75, 3.05) is 13.1 Å². The summed E-state index contributed by atoms with van der Waals surface area (Å²) in [6, 6.07) is 17.9. The third kappa shape index (κ3) is 13.3. The number of alkyl carbamates (subject to hydrolysis) is 1. The fourth-order valence-corrected chi connectivity index (χ4v) is 8.67. The Morgan fingerprint density at radius 3 is 2.15 bits per heavy atom. The van der Waals surface area contributed by atoms with E-state index in [0.29, 0.717) is 63.3 Å². The van der Waals surface area contributed by atoms with Gasteiger partial charge in [-0.15, -0.1) is 0 Å². The van der Waals surface area contributed by atoms with E-state index in [1.54, 1.807) is 4.90 Å². The van der Waals surface area contributed by atoms with Gasteiger partial charge < -0.3 is 25.5 Å². The van der Waals surface area contributed by atoms with E-state index in [0.717, 1.165) is 17.5 Å². The Balaban J connectivity index is 1.46. The molecular weight excluding hydrogens is 693 g/mol. The maximum absolute atomic E-state index is 14.3. The molecule has 0 aromatic heterocycles. The fraction of sp³-hybridized carbons (Fsp3) is 0.600. The number of piperidine rings is 1. The summed E-state index contributed by atoms with van der Waals surface area (Å²) in [4.78, 5) is 56.7. The van der Waals surface area contributed by atoms with Gasteiger partial charge in [0.15, 0.2) is 5.78 Å². The normalized spacial score (nSPS) is 20.2. The number of rotatable bonds is 18. The van der Waals surface area contributed by atoms with Crippen LogP contribution in [0.15, 0.2) is 72.8 Å². The second-order valence-electron chi connectivity index (χ2n) is 17.6. The topological polar surface area (TPSA) is 128 Å². The first-order valence-corrected chi connectivity index (χ1v) is 20.3. The predicted octanol–water partition coefficient (Wildman–Crippen LogP) is 7.88. The number of allylic oxidation sites excluding steroid dienone is 1. The highest BCUT2D eigenvalue weighted by molar-refractivity contribution is 5.94. The lowest BCUT2D eigenvalue weighted by molar-refractivity contribution is -0.251. The first-order valence-electron chi connectivity index (χ1n) is 20.3. The van der Waals surface area contributed by atoms with Gasteiger partial charge in [-0.3, -0.25) is 14.4 Å². The maximum Gasteiger partial charge on any atom is 0.407 e. The molecule has 55 heavy (non-hydrogen) atoms. The molecule has 0 unspecified atom stereocenters. The lowest BCUT2D eigenvalue weighted by Crippen LogP contribution is -2.59. The molecule has 4 rings (SSSR count). The third-order valence-corrected chi connectivity index (χ3v) is 11.0. The van der Waals surface area contributed by atoms with E-state index in [4.69, 9.17) is 4.74 Å². The summed E-state index contributed by atoms with van der Waals surface area (Å²) in [6.45, 7) is 15.4. The predicted molar refractivity (Wildman–Crippen MR) is 216 cm³/mol. The van der Waals surface area contributed by atoms with Gasteiger partial charge in [-0.2, -0.15) is 5.06 Å². The summed E-state index contributed by atoms with van der Waals surface area (Å²) in [7, 11) is 0. The van der Waals surface area contributed by atoms with Crippen LogP contribution in [-0.2, 0) is 32.1 Å². The van der Waals surface area contributed by atoms with Crippen LogP contribution in [0.1, 0.15) is 111 Å². The van der Waals surface area contributed by atoms with Gasteiger partial charge in [0.1, 0.15) is 12.6 Å². The first kappa shape index (κ1) is 43.7. The van der Waals surface area contributed by atoms with E-state index in [-0.39, 0.29) is 43.1 Å². The second kappa shape index (κ2) is 20.2. The molecule has 2 fully saturated rings. The number of hydroxylamine groups is 2. The number of hydrogen-bond acceptors (Lipinski definition) is 7. The first-order chi connectivity index (χ1) is 26.1. The average Bonchev–Trinajstić information content (AvgIpc) is 3.63. The Morgan fingerprint density at radius 1 is 0.909 bits per heavy atom. The molecule has 10 heteroatoms. The number of Topliss-reactive ketones (excluding diaryl/α,β-unsaturated/α-hetero) is 1. The molecular formula is C45H66N4O6. The molecule has 0 bridgehead atoms. The molecule has 2 aromatic carbocycles. The van der Waals surface area contributed by atoms with Crippen molar-refractivity contribution in [1.29, 1.82) is 0 Å². The molecule has 0 saturated carbocycles. The van der Waals surface area contributed by atoms with Crippen molar-refractivity contribution >= 4 is 23.7 Å². The average molecular weight is 759 g/mol. The SMILES string of the molecule is CC(C)C[C@H](C)/C=C/[C@H](Cc1ccccc1)C(=O)N1CCC[C@H]1C(=O)N[C@@H](CCCNC(=O)OCc1ccccc1)C(=O)CC1CC(C)(C)N(O)C(C)(C)C1. The standard InChI is InChI=1S/C45H66N4O6/c1-32(2)26-33(3)22-23-37(27-34-16-10-8-11-17-34)42(52)48-25-15-21-39(48)41(51)47-38(20-14-24-46-43(53)55-31-35-18-12-9-13-19-35)40(50)28-36-29-44(4,5)49(54)45(6,7)30-36/h8-13,16-19,22-23,32-33,36-39,54H,14-15,20-21,24-31H2,1-7H3,(H,46,53)(H,47,51)/b23-22+/t33-,37-,38+,39+/m1/s1. The third-order valence-electron chi connectivity index (χ3n) is 11.0. The number of carbonyl (C=O) groups is 4. The summed E-state index contributed by atoms with van der Waals surface area (Å²) < 4.78 is 5.35. The maximum atomic E-state index is 14.3. The molecule has 0 aliphatic carbocycles. The zero-order valence-corrected chi connectivity index (χ0v) is 34.3. The largest absolute Gasteiger partial charge is 0.445 e. The lowest BCUT2D eigenvalue weighted by atomic mass is 9.73. The number of amides is 3. The summed E-state index contributed by atoms with van der Waals surface area (Å²) in [5, 5.41) is 18.1. The van der Waals surface area contributed by atoms with Crippen LogP contribution in [0.4, 0.5) is 4.79 Å². The quantitative estimate of drug-likeness (QED) is 0.104. The highest BCUT2D eigenvalue weighted by Gasteiger charge is 2.46. The number of benzene rings is 2. The fourth-order valence-electron chi connectivity index (χ4n) is 8.67. The van der Waals surface area contributed by atoms with E-state index < -0.39 is 35.2 Å². The molecule has 0 spiro atoms. The number of carbonyl (C=O) groups excluding carboxylic acids is 4. The Hall–Kier alpha value is -4.02. The van der Waals surface area contributed by atoms with Crippen LogP contribution in [0.5, 0.6) is 0 Å². The van der Waals surface area contributed by atoms with Crippen molar-refractivity contribution < 1.29 is 29.1 Å². The van der Waals surface area contributed by atoms with Crippen LogP contribution in [-0.4, -0.2) is 75.1 Å². The van der Waals surface area contributed by atoms with Gasteiger partial charge in [0.2, 0.25) is 11.8 Å². The van der Waals surface area contributed by atoms with E-state index in [1.807, 2.05) is 94.4 Å². The van der Waals surface area contributed by atoms with Crippen molar-refractivity contribution in [2.24, 2.45) is 23.7 Å². The van der Waals surface area contributed by atoms with Gasteiger partial charge in [-0.1, -0.05) is 93.6 Å². The van der Waals surface area contributed by atoms with Crippen molar-refractivity contribution in [3.63, 3.8) is 0 Å². The van der Waals surface area contributed by atoms with Crippen molar-refractivity contribution in [1.82, 2.24) is 20.6 Å². The van der Waals surface area contributed by atoms with Crippen LogP contribution < -0.4 is 10.6 Å². The van der Waals surface area contributed by atoms with Crippen LogP contribution in [0, 0.1) is 23.7 Å². The summed E-state index contributed by atoms with van der Waals surface area (Å²) in [5.41, 5.74) is 0.908. The summed E-state index contributed by atoms with van der Waals surface area (Å²) in [6.07, 6.45) is 8.68. The Kier molecular flexibility index (Phi) is 16.1. The van der Waals surface area contributed by atoms with Gasteiger partial charge >= 0.3 is 6.09 Å². The van der Waals surface area contributed by atoms with Crippen LogP contribution in [0.25, 0.3) is 0 Å². The molecule has 2 heterocycles. The summed E-state index contributed by atoms with van der Waals surface area (Å²) >= 11 is 0. The molecule has 2 aromatic rings. The summed E-state index contributed by atoms with van der Waals surface area (Å²) in [5.74, 6) is -0.0229. The van der Waals surface area contributed by atoms with E-state index in [1.165, 1.54) is 5.06 Å². The molecule has 2 saturated heterocycles.